The molecule has 1 saturated heterocycles. The zero-order valence-corrected chi connectivity index (χ0v) is 21.3. The van der Waals surface area contributed by atoms with Crippen LogP contribution in [-0.2, 0) is 15.6 Å². The molecule has 2 aromatic rings. The molecule has 1 fully saturated rings. The van der Waals surface area contributed by atoms with Crippen LogP contribution in [0.4, 0.5) is 24.7 Å². The first-order valence-electron chi connectivity index (χ1n) is 10.6. The average molecular weight is 562 g/mol. The van der Waals surface area contributed by atoms with Crippen molar-refractivity contribution in [3.8, 4) is 0 Å². The van der Waals surface area contributed by atoms with E-state index < -0.39 is 52.5 Å². The van der Waals surface area contributed by atoms with Gasteiger partial charge in [-0.1, -0.05) is 23.2 Å². The summed E-state index contributed by atoms with van der Waals surface area (Å²) in [6.45, 7) is 3.34. The van der Waals surface area contributed by atoms with E-state index in [1.54, 1.807) is 13.8 Å². The van der Waals surface area contributed by atoms with E-state index in [0.29, 0.717) is 5.56 Å². The number of benzene rings is 1. The van der Waals surface area contributed by atoms with E-state index in [1.165, 1.54) is 30.5 Å². The quantitative estimate of drug-likeness (QED) is 0.572. The van der Waals surface area contributed by atoms with Crippen LogP contribution in [0.2, 0.25) is 10.0 Å². The summed E-state index contributed by atoms with van der Waals surface area (Å²) in [5.41, 5.74) is -1.34. The van der Waals surface area contributed by atoms with Crippen molar-refractivity contribution in [1.29, 1.82) is 0 Å². The van der Waals surface area contributed by atoms with Gasteiger partial charge in [0.15, 0.2) is 5.82 Å². The van der Waals surface area contributed by atoms with Gasteiger partial charge in [-0.25, -0.2) is 9.99 Å². The molecule has 2 amide bonds. The monoisotopic (exact) mass is 561 g/mol. The molecule has 3 heterocycles. The number of hydrogen-bond acceptors (Lipinski definition) is 6. The molecule has 192 valence electrons. The van der Waals surface area contributed by atoms with Gasteiger partial charge < -0.3 is 10.6 Å². The van der Waals surface area contributed by atoms with Gasteiger partial charge in [-0.15, -0.1) is 0 Å². The zero-order valence-electron chi connectivity index (χ0n) is 18.9. The van der Waals surface area contributed by atoms with Gasteiger partial charge in [0.2, 0.25) is 5.91 Å². The van der Waals surface area contributed by atoms with Gasteiger partial charge in [0.25, 0.3) is 5.91 Å². The third-order valence-electron chi connectivity index (χ3n) is 5.66. The molecule has 1 aromatic heterocycles. The number of aromatic nitrogens is 1. The number of halogens is 5. The van der Waals surface area contributed by atoms with E-state index in [1.807, 2.05) is 0 Å². The van der Waals surface area contributed by atoms with Crippen molar-refractivity contribution in [3.63, 3.8) is 0 Å². The summed E-state index contributed by atoms with van der Waals surface area (Å²) in [5.74, 6) is -0.984. The van der Waals surface area contributed by atoms with Crippen LogP contribution in [0.25, 0.3) is 0 Å². The fraction of sp³-hybridized carbons (Fsp3) is 0.364. The molecule has 1 unspecified atom stereocenters. The first-order valence-corrected chi connectivity index (χ1v) is 12.8. The van der Waals surface area contributed by atoms with Crippen molar-refractivity contribution in [2.75, 3.05) is 21.8 Å². The Kier molecular flexibility index (Phi) is 7.06. The predicted molar refractivity (Wildman–Crippen MR) is 132 cm³/mol. The highest BCUT2D eigenvalue weighted by Gasteiger charge is 2.46. The van der Waals surface area contributed by atoms with Gasteiger partial charge in [0.1, 0.15) is 11.8 Å². The summed E-state index contributed by atoms with van der Waals surface area (Å²) in [5, 5.41) is 10.0. The number of nitrogens with one attached hydrogen (secondary N) is 2. The molecule has 4 rings (SSSR count). The van der Waals surface area contributed by atoms with Gasteiger partial charge in [-0.3, -0.25) is 13.8 Å². The van der Waals surface area contributed by atoms with E-state index in [9.17, 15) is 27.0 Å². The maximum absolute atomic E-state index is 13.5. The van der Waals surface area contributed by atoms with E-state index >= 15 is 0 Å². The molecule has 8 nitrogen and oxygen atoms in total. The van der Waals surface area contributed by atoms with Crippen LogP contribution in [-0.4, -0.2) is 56.0 Å². The number of amides is 2. The Morgan fingerprint density at radius 2 is 1.94 bits per heavy atom. The second kappa shape index (κ2) is 9.64. The third kappa shape index (κ3) is 5.35. The molecule has 36 heavy (non-hydrogen) atoms. The van der Waals surface area contributed by atoms with Crippen molar-refractivity contribution >= 4 is 63.0 Å². The summed E-state index contributed by atoms with van der Waals surface area (Å²) in [6, 6.07) is 4.32. The Morgan fingerprint density at radius 1 is 1.25 bits per heavy atom. The minimum atomic E-state index is -4.77. The van der Waals surface area contributed by atoms with E-state index in [4.69, 9.17) is 23.2 Å². The van der Waals surface area contributed by atoms with Gasteiger partial charge in [-0.2, -0.15) is 18.3 Å². The van der Waals surface area contributed by atoms with Crippen LogP contribution in [0.3, 0.4) is 0 Å². The first-order chi connectivity index (χ1) is 16.8. The maximum Gasteiger partial charge on any atom is 0.431 e. The average Bonchev–Trinajstić information content (AvgIpc) is 3.20. The minimum absolute atomic E-state index is 0.0105. The first kappa shape index (κ1) is 26.4. The number of pyridine rings is 1. The van der Waals surface area contributed by atoms with Crippen LogP contribution in [0, 0.1) is 6.92 Å². The number of aryl methyl sites for hydroxylation is 1. The summed E-state index contributed by atoms with van der Waals surface area (Å²) >= 11 is 12.3. The summed E-state index contributed by atoms with van der Waals surface area (Å²) in [6.07, 6.45) is -4.20. The summed E-state index contributed by atoms with van der Waals surface area (Å²) in [4.78, 5) is 30.4. The molecule has 2 N–H and O–H groups in total. The Balaban J connectivity index is 1.65. The van der Waals surface area contributed by atoms with Crippen LogP contribution < -0.4 is 15.6 Å². The van der Waals surface area contributed by atoms with E-state index in [2.05, 4.69) is 20.7 Å². The maximum atomic E-state index is 13.5. The highest BCUT2D eigenvalue weighted by atomic mass is 35.5. The SMILES string of the molecule is Cc1cc(Cl)cc(C(=O)NC2(C)CS(=O)C2)c1NC(=O)C1CC(C(F)(F)F)=NN1c1ncccc1Cl. The Morgan fingerprint density at radius 3 is 2.56 bits per heavy atom. The van der Waals surface area contributed by atoms with Crippen LogP contribution in [0.1, 0.15) is 29.3 Å². The smallest absolute Gasteiger partial charge is 0.345 e. The molecule has 1 aromatic carbocycles. The highest BCUT2D eigenvalue weighted by molar-refractivity contribution is 7.86. The number of carbonyl (C=O) groups excluding carboxylic acids is 2. The van der Waals surface area contributed by atoms with Crippen molar-refractivity contribution < 1.29 is 27.0 Å². The lowest BCUT2D eigenvalue weighted by molar-refractivity contribution is -0.117. The molecular formula is C22H20Cl2F3N5O3S. The Bertz CT molecular complexity index is 1300. The van der Waals surface area contributed by atoms with Gasteiger partial charge in [-0.05, 0) is 43.7 Å². The highest BCUT2D eigenvalue weighted by Crippen LogP contribution is 2.35. The fourth-order valence-electron chi connectivity index (χ4n) is 4.00. The molecule has 0 radical (unpaired) electrons. The molecular weight excluding hydrogens is 542 g/mol. The van der Waals surface area contributed by atoms with Crippen molar-refractivity contribution in [1.82, 2.24) is 10.3 Å². The number of rotatable bonds is 5. The van der Waals surface area contributed by atoms with E-state index in [-0.39, 0.29) is 38.6 Å². The second-order valence-corrected chi connectivity index (χ2v) is 11.1. The molecule has 0 spiro atoms. The van der Waals surface area contributed by atoms with Crippen LogP contribution in [0.5, 0.6) is 0 Å². The predicted octanol–water partition coefficient (Wildman–Crippen LogP) is 4.08. The third-order valence-corrected chi connectivity index (χ3v) is 8.10. The number of hydrogen-bond donors (Lipinski definition) is 2. The second-order valence-electron chi connectivity index (χ2n) is 8.80. The Hall–Kier alpha value is -2.70. The molecule has 14 heteroatoms. The molecule has 2 aliphatic heterocycles. The number of alkyl halides is 3. The van der Waals surface area contributed by atoms with Crippen molar-refractivity contribution in [2.45, 2.75) is 38.0 Å². The normalized spacial score (nSPS) is 23.6. The van der Waals surface area contributed by atoms with Crippen molar-refractivity contribution in [3.05, 3.63) is 51.6 Å². The lowest BCUT2D eigenvalue weighted by atomic mass is 10.0. The molecule has 0 aliphatic carbocycles. The molecule has 2 aliphatic rings. The number of hydrazone groups is 1. The van der Waals surface area contributed by atoms with Crippen molar-refractivity contribution in [2.24, 2.45) is 5.10 Å². The molecule has 0 bridgehead atoms. The molecule has 1 atom stereocenters. The lowest BCUT2D eigenvalue weighted by Gasteiger charge is -2.38. The summed E-state index contributed by atoms with van der Waals surface area (Å²) in [7, 11) is -1.03. The van der Waals surface area contributed by atoms with Gasteiger partial charge in [0, 0.05) is 39.9 Å². The van der Waals surface area contributed by atoms with Gasteiger partial charge >= 0.3 is 6.18 Å². The standard InChI is InChI=1S/C22H20Cl2F3N5O3S/c1-11-6-12(23)7-13(19(33)30-21(2)9-36(35)10-21)17(11)29-20(34)15-8-16(22(25,26)27)31-32(15)18-14(24)4-3-5-28-18/h3-7,15H,8-10H2,1-2H3,(H,29,34)(H,30,33). The largest absolute Gasteiger partial charge is 0.431 e. The van der Waals surface area contributed by atoms with E-state index in [0.717, 1.165) is 5.01 Å². The Labute approximate surface area is 216 Å². The number of anilines is 2. The van der Waals surface area contributed by atoms with Crippen LogP contribution in [0.15, 0.2) is 35.6 Å². The van der Waals surface area contributed by atoms with Crippen LogP contribution >= 0.6 is 23.2 Å². The number of carbonyl (C=O) groups is 2. The topological polar surface area (TPSA) is 104 Å². The number of nitrogens with zero attached hydrogens (tertiary/aromatic N) is 3. The summed E-state index contributed by atoms with van der Waals surface area (Å²) < 4.78 is 52.0. The van der Waals surface area contributed by atoms with Gasteiger partial charge in [0.05, 0.1) is 21.8 Å². The minimum Gasteiger partial charge on any atom is -0.345 e. The molecule has 0 saturated carbocycles. The zero-order chi connectivity index (χ0) is 26.4. The fourth-order valence-corrected chi connectivity index (χ4v) is 5.97. The lowest BCUT2D eigenvalue weighted by Crippen LogP contribution is -2.61.